The molecule has 2 atom stereocenters. The number of carbonyl (C=O) groups excluding carboxylic acids is 1. The number of amides is 1. The van der Waals surface area contributed by atoms with Gasteiger partial charge in [-0.25, -0.2) is 0 Å². The van der Waals surface area contributed by atoms with Crippen LogP contribution in [-0.2, 0) is 17.8 Å². The van der Waals surface area contributed by atoms with Gasteiger partial charge in [0, 0.05) is 38.3 Å². The first-order chi connectivity index (χ1) is 14.1. The Kier molecular flexibility index (Phi) is 7.69. The molecule has 1 aliphatic heterocycles. The molecule has 3 rings (SSSR count). The number of anilines is 1. The molecule has 1 N–H and O–H groups in total. The molecular formula is C23H34N4O2. The Morgan fingerprint density at radius 3 is 2.69 bits per heavy atom. The van der Waals surface area contributed by atoms with E-state index in [-0.39, 0.29) is 5.91 Å². The van der Waals surface area contributed by atoms with Gasteiger partial charge in [-0.15, -0.1) is 0 Å². The zero-order chi connectivity index (χ0) is 20.6. The molecule has 1 aromatic heterocycles. The first kappa shape index (κ1) is 21.4. The average molecular weight is 399 g/mol. The van der Waals surface area contributed by atoms with Gasteiger partial charge in [0.25, 0.3) is 0 Å². The van der Waals surface area contributed by atoms with Crippen LogP contribution in [0.25, 0.3) is 0 Å². The van der Waals surface area contributed by atoms with Crippen molar-refractivity contribution in [2.45, 2.75) is 39.7 Å². The number of nitrogens with one attached hydrogen (secondary N) is 1. The summed E-state index contributed by atoms with van der Waals surface area (Å²) in [6, 6.07) is 12.3. The van der Waals surface area contributed by atoms with E-state index in [1.807, 2.05) is 36.9 Å². The minimum atomic E-state index is 0.275. The van der Waals surface area contributed by atoms with E-state index in [1.165, 1.54) is 0 Å². The highest BCUT2D eigenvalue weighted by Crippen LogP contribution is 2.27. The van der Waals surface area contributed by atoms with Crippen LogP contribution < -0.4 is 10.2 Å². The van der Waals surface area contributed by atoms with Gasteiger partial charge >= 0.3 is 0 Å². The summed E-state index contributed by atoms with van der Waals surface area (Å²) >= 11 is 0. The van der Waals surface area contributed by atoms with Gasteiger partial charge in [0.2, 0.25) is 5.91 Å². The van der Waals surface area contributed by atoms with Crippen LogP contribution in [0.2, 0.25) is 0 Å². The molecule has 6 nitrogen and oxygen atoms in total. The lowest BCUT2D eigenvalue weighted by atomic mass is 9.81. The van der Waals surface area contributed by atoms with Crippen LogP contribution >= 0.6 is 0 Å². The highest BCUT2D eigenvalue weighted by molar-refractivity contribution is 5.76. The summed E-state index contributed by atoms with van der Waals surface area (Å²) in [5.41, 5.74) is 2.13. The zero-order valence-electron chi connectivity index (χ0n) is 17.9. The summed E-state index contributed by atoms with van der Waals surface area (Å²) < 4.78 is 5.60. The van der Waals surface area contributed by atoms with Crippen molar-refractivity contribution in [3.05, 3.63) is 47.9 Å². The molecule has 0 unspecified atom stereocenters. The number of benzene rings is 1. The van der Waals surface area contributed by atoms with Crippen molar-refractivity contribution in [2.75, 3.05) is 38.1 Å². The zero-order valence-corrected chi connectivity index (χ0v) is 17.9. The van der Waals surface area contributed by atoms with E-state index in [0.29, 0.717) is 24.8 Å². The van der Waals surface area contributed by atoms with Crippen molar-refractivity contribution in [1.29, 1.82) is 0 Å². The maximum atomic E-state index is 12.6. The standard InChI is InChI=1S/C23H34N4O2/c1-4-27(5-2)23(28)14-18-11-12-24-16-19(18)13-20-15-22(29-25-20)17-26(3)21-9-7-6-8-10-21/h6-10,15,18-19,24H,4-5,11-14,16-17H2,1-3H3/t18-,19-/m0/s1. The van der Waals surface area contributed by atoms with E-state index >= 15 is 0 Å². The molecule has 1 aromatic carbocycles. The molecule has 6 heteroatoms. The molecule has 1 aliphatic rings. The Hall–Kier alpha value is -2.34. The molecule has 2 heterocycles. The summed E-state index contributed by atoms with van der Waals surface area (Å²) in [6.45, 7) is 8.26. The highest BCUT2D eigenvalue weighted by Gasteiger charge is 2.29. The topological polar surface area (TPSA) is 61.6 Å². The van der Waals surface area contributed by atoms with Crippen LogP contribution in [0.3, 0.4) is 0 Å². The van der Waals surface area contributed by atoms with E-state index in [2.05, 4.69) is 40.6 Å². The fraction of sp³-hybridized carbons (Fsp3) is 0.565. The van der Waals surface area contributed by atoms with E-state index in [4.69, 9.17) is 4.52 Å². The van der Waals surface area contributed by atoms with Crippen LogP contribution in [0.4, 0.5) is 5.69 Å². The molecule has 1 saturated heterocycles. The Bertz CT molecular complexity index is 757. The number of rotatable bonds is 9. The lowest BCUT2D eigenvalue weighted by Gasteiger charge is -2.32. The Labute approximate surface area is 174 Å². The molecule has 158 valence electrons. The van der Waals surface area contributed by atoms with Gasteiger partial charge < -0.3 is 19.6 Å². The van der Waals surface area contributed by atoms with E-state index in [0.717, 1.165) is 56.2 Å². The second kappa shape index (κ2) is 10.4. The normalized spacial score (nSPS) is 19.1. The lowest BCUT2D eigenvalue weighted by molar-refractivity contribution is -0.132. The predicted molar refractivity (Wildman–Crippen MR) is 116 cm³/mol. The third-order valence-electron chi connectivity index (χ3n) is 5.99. The first-order valence-electron chi connectivity index (χ1n) is 10.8. The molecule has 1 fully saturated rings. The second-order valence-electron chi connectivity index (χ2n) is 7.96. The number of nitrogens with zero attached hydrogens (tertiary/aromatic N) is 3. The monoisotopic (exact) mass is 398 g/mol. The highest BCUT2D eigenvalue weighted by atomic mass is 16.5. The minimum absolute atomic E-state index is 0.275. The van der Waals surface area contributed by atoms with Crippen molar-refractivity contribution < 1.29 is 9.32 Å². The number of hydrogen-bond donors (Lipinski definition) is 1. The summed E-state index contributed by atoms with van der Waals surface area (Å²) in [7, 11) is 2.05. The third-order valence-corrected chi connectivity index (χ3v) is 5.99. The smallest absolute Gasteiger partial charge is 0.222 e. The fourth-order valence-electron chi connectivity index (χ4n) is 4.22. The maximum absolute atomic E-state index is 12.6. The Balaban J connectivity index is 1.59. The van der Waals surface area contributed by atoms with Crippen molar-refractivity contribution in [2.24, 2.45) is 11.8 Å². The molecule has 0 aliphatic carbocycles. The van der Waals surface area contributed by atoms with Gasteiger partial charge in [-0.2, -0.15) is 0 Å². The molecule has 0 spiro atoms. The average Bonchev–Trinajstić information content (AvgIpc) is 3.18. The van der Waals surface area contributed by atoms with Crippen LogP contribution in [0.15, 0.2) is 40.9 Å². The lowest BCUT2D eigenvalue weighted by Crippen LogP contribution is -2.41. The molecular weight excluding hydrogens is 364 g/mol. The largest absolute Gasteiger partial charge is 0.367 e. The Morgan fingerprint density at radius 1 is 1.21 bits per heavy atom. The Morgan fingerprint density at radius 2 is 1.97 bits per heavy atom. The summed E-state index contributed by atoms with van der Waals surface area (Å²) in [5.74, 6) is 1.95. The fourth-order valence-corrected chi connectivity index (χ4v) is 4.22. The number of carbonyl (C=O) groups is 1. The van der Waals surface area contributed by atoms with Gasteiger partial charge in [0.1, 0.15) is 0 Å². The summed E-state index contributed by atoms with van der Waals surface area (Å²) in [5, 5.41) is 7.80. The van der Waals surface area contributed by atoms with Gasteiger partial charge in [-0.1, -0.05) is 23.4 Å². The summed E-state index contributed by atoms with van der Waals surface area (Å²) in [6.07, 6.45) is 2.52. The number of hydrogen-bond acceptors (Lipinski definition) is 5. The van der Waals surface area contributed by atoms with Crippen molar-refractivity contribution in [3.8, 4) is 0 Å². The van der Waals surface area contributed by atoms with Crippen LogP contribution in [0, 0.1) is 11.8 Å². The molecule has 2 aromatic rings. The van der Waals surface area contributed by atoms with Gasteiger partial charge in [0.05, 0.1) is 12.2 Å². The van der Waals surface area contributed by atoms with E-state index < -0.39 is 0 Å². The van der Waals surface area contributed by atoms with Crippen LogP contribution in [0.5, 0.6) is 0 Å². The van der Waals surface area contributed by atoms with Crippen molar-refractivity contribution in [1.82, 2.24) is 15.4 Å². The number of para-hydroxylation sites is 1. The van der Waals surface area contributed by atoms with Crippen LogP contribution in [0.1, 0.15) is 38.1 Å². The molecule has 0 bridgehead atoms. The molecule has 0 saturated carbocycles. The van der Waals surface area contributed by atoms with Crippen LogP contribution in [-0.4, -0.2) is 49.2 Å². The predicted octanol–water partition coefficient (Wildman–Crippen LogP) is 3.34. The number of piperidine rings is 1. The molecule has 29 heavy (non-hydrogen) atoms. The van der Waals surface area contributed by atoms with E-state index in [9.17, 15) is 4.79 Å². The van der Waals surface area contributed by atoms with Gasteiger partial charge in [-0.05, 0) is 63.7 Å². The quantitative estimate of drug-likeness (QED) is 0.702. The van der Waals surface area contributed by atoms with Gasteiger partial charge in [-0.3, -0.25) is 4.79 Å². The van der Waals surface area contributed by atoms with Crippen molar-refractivity contribution >= 4 is 11.6 Å². The minimum Gasteiger partial charge on any atom is -0.367 e. The first-order valence-corrected chi connectivity index (χ1v) is 10.8. The molecule has 1 amide bonds. The van der Waals surface area contributed by atoms with Crippen molar-refractivity contribution in [3.63, 3.8) is 0 Å². The second-order valence-corrected chi connectivity index (χ2v) is 7.96. The summed E-state index contributed by atoms with van der Waals surface area (Å²) in [4.78, 5) is 16.7. The van der Waals surface area contributed by atoms with Gasteiger partial charge in [0.15, 0.2) is 5.76 Å². The SMILES string of the molecule is CCN(CC)C(=O)C[C@@H]1CCNC[C@@H]1Cc1cc(CN(C)c2ccccc2)on1. The third kappa shape index (κ3) is 5.82. The van der Waals surface area contributed by atoms with E-state index in [1.54, 1.807) is 0 Å². The number of aromatic nitrogens is 1. The maximum Gasteiger partial charge on any atom is 0.222 e. The molecule has 0 radical (unpaired) electrons.